The standard InChI is InChI=1S/C13H18ClN3O2S/c1-20-13-15-8-10(14)11(16-13)12(19)17-6-2-4-9(17)5-3-7-18/h8-9,18H,2-7H2,1H3. The maximum Gasteiger partial charge on any atom is 0.274 e. The van der Waals surface area contributed by atoms with Crippen molar-refractivity contribution in [2.45, 2.75) is 36.9 Å². The van der Waals surface area contributed by atoms with Gasteiger partial charge in [-0.1, -0.05) is 23.4 Å². The van der Waals surface area contributed by atoms with E-state index in [0.29, 0.717) is 16.6 Å². The van der Waals surface area contributed by atoms with Gasteiger partial charge in [-0.2, -0.15) is 0 Å². The average molecular weight is 316 g/mol. The number of aromatic nitrogens is 2. The van der Waals surface area contributed by atoms with Gasteiger partial charge >= 0.3 is 0 Å². The van der Waals surface area contributed by atoms with E-state index in [1.807, 2.05) is 11.2 Å². The van der Waals surface area contributed by atoms with E-state index in [0.717, 1.165) is 25.8 Å². The lowest BCUT2D eigenvalue weighted by Crippen LogP contribution is -2.36. The molecule has 1 unspecified atom stereocenters. The van der Waals surface area contributed by atoms with Crippen LogP contribution in [0.2, 0.25) is 5.02 Å². The first kappa shape index (κ1) is 15.5. The molecule has 1 saturated heterocycles. The molecule has 0 radical (unpaired) electrons. The van der Waals surface area contributed by atoms with E-state index < -0.39 is 0 Å². The lowest BCUT2D eigenvalue weighted by molar-refractivity contribution is 0.0717. The molecule has 2 rings (SSSR count). The zero-order valence-corrected chi connectivity index (χ0v) is 13.0. The minimum absolute atomic E-state index is 0.131. The Morgan fingerprint density at radius 1 is 1.65 bits per heavy atom. The van der Waals surface area contributed by atoms with Crippen molar-refractivity contribution in [3.05, 3.63) is 16.9 Å². The molecule has 0 aliphatic carbocycles. The second-order valence-electron chi connectivity index (χ2n) is 4.71. The van der Waals surface area contributed by atoms with Crippen molar-refractivity contribution in [2.75, 3.05) is 19.4 Å². The second kappa shape index (κ2) is 7.24. The van der Waals surface area contributed by atoms with E-state index in [1.54, 1.807) is 0 Å². The van der Waals surface area contributed by atoms with Crippen LogP contribution in [0.5, 0.6) is 0 Å². The van der Waals surface area contributed by atoms with E-state index >= 15 is 0 Å². The largest absolute Gasteiger partial charge is 0.396 e. The van der Waals surface area contributed by atoms with E-state index in [9.17, 15) is 4.79 Å². The smallest absolute Gasteiger partial charge is 0.274 e. The highest BCUT2D eigenvalue weighted by atomic mass is 35.5. The van der Waals surface area contributed by atoms with Crippen LogP contribution >= 0.6 is 23.4 Å². The molecular formula is C13H18ClN3O2S. The van der Waals surface area contributed by atoms with Crippen LogP contribution in [0, 0.1) is 0 Å². The Morgan fingerprint density at radius 2 is 2.45 bits per heavy atom. The molecule has 1 fully saturated rings. The molecule has 1 aromatic rings. The maximum atomic E-state index is 12.6. The van der Waals surface area contributed by atoms with E-state index in [1.165, 1.54) is 18.0 Å². The van der Waals surface area contributed by atoms with Crippen molar-refractivity contribution >= 4 is 29.3 Å². The minimum atomic E-state index is -0.131. The first-order chi connectivity index (χ1) is 9.67. The molecule has 2 heterocycles. The lowest BCUT2D eigenvalue weighted by atomic mass is 10.1. The summed E-state index contributed by atoms with van der Waals surface area (Å²) >= 11 is 7.44. The number of likely N-dealkylation sites (tertiary alicyclic amines) is 1. The molecule has 0 bridgehead atoms. The fourth-order valence-corrected chi connectivity index (χ4v) is 2.98. The Kier molecular flexibility index (Phi) is 5.63. The van der Waals surface area contributed by atoms with Crippen molar-refractivity contribution in [1.82, 2.24) is 14.9 Å². The summed E-state index contributed by atoms with van der Waals surface area (Å²) in [6, 6.07) is 0.179. The normalized spacial score (nSPS) is 18.6. The van der Waals surface area contributed by atoms with Crippen LogP contribution in [-0.4, -0.2) is 51.3 Å². The van der Waals surface area contributed by atoms with Crippen LogP contribution in [0.3, 0.4) is 0 Å². The number of halogens is 1. The summed E-state index contributed by atoms with van der Waals surface area (Å²) in [6.07, 6.45) is 6.83. The number of carbonyl (C=O) groups excluding carboxylic acids is 1. The summed E-state index contributed by atoms with van der Waals surface area (Å²) in [5.41, 5.74) is 0.280. The average Bonchev–Trinajstić information content (AvgIpc) is 2.93. The third-order valence-corrected chi connectivity index (χ3v) is 4.28. The summed E-state index contributed by atoms with van der Waals surface area (Å²) in [5, 5.41) is 9.77. The summed E-state index contributed by atoms with van der Waals surface area (Å²) in [7, 11) is 0. The van der Waals surface area contributed by atoms with Gasteiger partial charge in [-0.25, -0.2) is 9.97 Å². The Hall–Kier alpha value is -0.850. The Balaban J connectivity index is 2.17. The number of hydrogen-bond acceptors (Lipinski definition) is 5. The van der Waals surface area contributed by atoms with Crippen LogP contribution < -0.4 is 0 Å². The van der Waals surface area contributed by atoms with E-state index in [2.05, 4.69) is 9.97 Å². The van der Waals surface area contributed by atoms with Crippen LogP contribution in [-0.2, 0) is 0 Å². The summed E-state index contributed by atoms with van der Waals surface area (Å²) < 4.78 is 0. The quantitative estimate of drug-likeness (QED) is 0.666. The highest BCUT2D eigenvalue weighted by Crippen LogP contribution is 2.25. The van der Waals surface area contributed by atoms with Gasteiger partial charge in [0.1, 0.15) is 0 Å². The van der Waals surface area contributed by atoms with Crippen molar-refractivity contribution < 1.29 is 9.90 Å². The zero-order chi connectivity index (χ0) is 14.5. The van der Waals surface area contributed by atoms with Gasteiger partial charge in [0.05, 0.1) is 11.2 Å². The Bertz CT molecular complexity index is 487. The first-order valence-corrected chi connectivity index (χ1v) is 8.26. The molecular weight excluding hydrogens is 298 g/mol. The first-order valence-electron chi connectivity index (χ1n) is 6.65. The molecule has 1 aromatic heterocycles. The number of thioether (sulfide) groups is 1. The van der Waals surface area contributed by atoms with Crippen molar-refractivity contribution in [3.63, 3.8) is 0 Å². The highest BCUT2D eigenvalue weighted by Gasteiger charge is 2.31. The molecule has 20 heavy (non-hydrogen) atoms. The summed E-state index contributed by atoms with van der Waals surface area (Å²) in [5.74, 6) is -0.131. The lowest BCUT2D eigenvalue weighted by Gasteiger charge is -2.24. The number of hydrogen-bond donors (Lipinski definition) is 1. The van der Waals surface area contributed by atoms with Gasteiger partial charge < -0.3 is 10.0 Å². The van der Waals surface area contributed by atoms with Crippen LogP contribution in [0.25, 0.3) is 0 Å². The second-order valence-corrected chi connectivity index (χ2v) is 5.89. The minimum Gasteiger partial charge on any atom is -0.396 e. The Labute approximate surface area is 127 Å². The zero-order valence-electron chi connectivity index (χ0n) is 11.4. The molecule has 1 aliphatic heterocycles. The fourth-order valence-electron chi connectivity index (χ4n) is 2.47. The molecule has 5 nitrogen and oxygen atoms in total. The molecule has 0 aromatic carbocycles. The van der Waals surface area contributed by atoms with Crippen LogP contribution in [0.4, 0.5) is 0 Å². The summed E-state index contributed by atoms with van der Waals surface area (Å²) in [6.45, 7) is 0.882. The number of carbonyl (C=O) groups is 1. The third kappa shape index (κ3) is 3.42. The number of aliphatic hydroxyl groups is 1. The number of aliphatic hydroxyl groups excluding tert-OH is 1. The molecule has 0 saturated carbocycles. The molecule has 0 spiro atoms. The van der Waals surface area contributed by atoms with E-state index in [-0.39, 0.29) is 24.2 Å². The van der Waals surface area contributed by atoms with Gasteiger partial charge in [-0.15, -0.1) is 0 Å². The molecule has 1 aliphatic rings. The molecule has 1 atom stereocenters. The highest BCUT2D eigenvalue weighted by molar-refractivity contribution is 7.98. The molecule has 1 N–H and O–H groups in total. The fraction of sp³-hybridized carbons (Fsp3) is 0.615. The van der Waals surface area contributed by atoms with Crippen LogP contribution in [0.15, 0.2) is 11.4 Å². The van der Waals surface area contributed by atoms with Gasteiger partial charge in [-0.3, -0.25) is 4.79 Å². The van der Waals surface area contributed by atoms with Gasteiger partial charge in [0, 0.05) is 19.2 Å². The van der Waals surface area contributed by atoms with Crippen molar-refractivity contribution in [3.8, 4) is 0 Å². The Morgan fingerprint density at radius 3 is 3.15 bits per heavy atom. The van der Waals surface area contributed by atoms with E-state index in [4.69, 9.17) is 16.7 Å². The topological polar surface area (TPSA) is 66.3 Å². The summed E-state index contributed by atoms with van der Waals surface area (Å²) in [4.78, 5) is 22.7. The third-order valence-electron chi connectivity index (χ3n) is 3.44. The molecule has 7 heteroatoms. The molecule has 1 amide bonds. The van der Waals surface area contributed by atoms with Gasteiger partial charge in [-0.05, 0) is 31.9 Å². The number of amides is 1. The van der Waals surface area contributed by atoms with Crippen molar-refractivity contribution in [2.24, 2.45) is 0 Å². The SMILES string of the molecule is CSc1ncc(Cl)c(C(=O)N2CCCC2CCCO)n1. The van der Waals surface area contributed by atoms with Crippen molar-refractivity contribution in [1.29, 1.82) is 0 Å². The number of rotatable bonds is 5. The number of nitrogens with zero attached hydrogens (tertiary/aromatic N) is 3. The monoisotopic (exact) mass is 315 g/mol. The van der Waals surface area contributed by atoms with Gasteiger partial charge in [0.25, 0.3) is 5.91 Å². The van der Waals surface area contributed by atoms with Gasteiger partial charge in [0.15, 0.2) is 10.9 Å². The maximum absolute atomic E-state index is 12.6. The van der Waals surface area contributed by atoms with Crippen LogP contribution in [0.1, 0.15) is 36.2 Å². The predicted molar refractivity (Wildman–Crippen MR) is 79.2 cm³/mol. The predicted octanol–water partition coefficient (Wildman–Crippen LogP) is 2.23. The molecule has 110 valence electrons. The van der Waals surface area contributed by atoms with Gasteiger partial charge in [0.2, 0.25) is 0 Å².